The van der Waals surface area contributed by atoms with E-state index in [-0.39, 0.29) is 43.0 Å². The molecule has 216 valence electrons. The molecule has 2 aromatic carbocycles. The summed E-state index contributed by atoms with van der Waals surface area (Å²) in [6, 6.07) is 2.84. The van der Waals surface area contributed by atoms with Crippen LogP contribution in [0.1, 0.15) is 30.4 Å². The lowest BCUT2D eigenvalue weighted by Crippen LogP contribution is -2.26. The van der Waals surface area contributed by atoms with Crippen molar-refractivity contribution >= 4 is 0 Å². The van der Waals surface area contributed by atoms with Gasteiger partial charge in [-0.15, -0.1) is 0 Å². The van der Waals surface area contributed by atoms with Gasteiger partial charge in [-0.1, -0.05) is 0 Å². The molecule has 2 aromatic rings. The van der Waals surface area contributed by atoms with Gasteiger partial charge in [0.15, 0.2) is 23.3 Å². The number of rotatable bonds is 16. The van der Waals surface area contributed by atoms with E-state index in [9.17, 15) is 26.3 Å². The topological polar surface area (TPSA) is 48.1 Å². The van der Waals surface area contributed by atoms with Gasteiger partial charge >= 0.3 is 0 Å². The summed E-state index contributed by atoms with van der Waals surface area (Å²) in [4.78, 5) is 0. The minimum atomic E-state index is -1.19. The highest BCUT2D eigenvalue weighted by molar-refractivity contribution is 5.20. The van der Waals surface area contributed by atoms with Crippen LogP contribution in [0.25, 0.3) is 0 Å². The highest BCUT2D eigenvalue weighted by Crippen LogP contribution is 2.14. The Bertz CT molecular complexity index is 804. The van der Waals surface area contributed by atoms with Gasteiger partial charge in [-0.05, 0) is 70.7 Å². The number of halogens is 10. The normalized spacial score (nSPS) is 10.1. The Morgan fingerprint density at radius 3 is 0.973 bits per heavy atom. The summed E-state index contributed by atoms with van der Waals surface area (Å²) in [6.45, 7) is 4.72. The Hall–Kier alpha value is -2.42. The molecule has 0 saturated carbocycles. The van der Waals surface area contributed by atoms with Crippen LogP contribution in [0.5, 0.6) is 0 Å². The second kappa shape index (κ2) is 21.6. The van der Waals surface area contributed by atoms with E-state index >= 15 is 0 Å². The molecule has 0 aromatic heterocycles. The first kappa shape index (κ1) is 39.1. The van der Waals surface area contributed by atoms with E-state index in [2.05, 4.69) is 21.3 Å². The maximum absolute atomic E-state index is 13.5. The fraction of sp³-hybridized carbons (Fsp3) is 0.478. The molecule has 0 aliphatic heterocycles. The van der Waals surface area contributed by atoms with Gasteiger partial charge in [0.25, 0.3) is 0 Å². The summed E-state index contributed by atoms with van der Waals surface area (Å²) >= 11 is 0. The first-order chi connectivity index (χ1) is 15.9. The Morgan fingerprint density at radius 1 is 0.378 bits per heavy atom. The molecule has 14 heteroatoms. The number of hydrogen-bond acceptors (Lipinski definition) is 4. The Balaban J connectivity index is -0.00000289. The summed E-state index contributed by atoms with van der Waals surface area (Å²) in [5.74, 6) is -6.03. The Kier molecular flexibility index (Phi) is 22.9. The zero-order chi connectivity index (χ0) is 24.1. The molecule has 4 nitrogen and oxygen atoms in total. The Labute approximate surface area is 209 Å². The van der Waals surface area contributed by atoms with Crippen LogP contribution in [-0.2, 0) is 13.1 Å². The van der Waals surface area contributed by atoms with Crippen molar-refractivity contribution in [3.05, 3.63) is 70.3 Å². The molecule has 37 heavy (non-hydrogen) atoms. The molecule has 0 bridgehead atoms. The molecule has 0 saturated heterocycles. The largest absolute Gasteiger partial charge is 0.317 e. The predicted octanol–water partition coefficient (Wildman–Crippen LogP) is 4.36. The zero-order valence-electron chi connectivity index (χ0n) is 20.0. The molecule has 0 aliphatic rings. The second-order valence-electron chi connectivity index (χ2n) is 7.63. The van der Waals surface area contributed by atoms with Gasteiger partial charge in [0.1, 0.15) is 11.6 Å². The van der Waals surface area contributed by atoms with Crippen LogP contribution in [0.3, 0.4) is 0 Å². The van der Waals surface area contributed by atoms with Crippen LogP contribution in [0.15, 0.2) is 24.3 Å². The van der Waals surface area contributed by atoms with E-state index in [1.54, 1.807) is 0 Å². The van der Waals surface area contributed by atoms with Crippen molar-refractivity contribution in [1.82, 2.24) is 21.3 Å². The average molecular weight is 557 g/mol. The molecule has 0 amide bonds. The molecule has 2 rings (SSSR count). The number of hydrogen-bond donors (Lipinski definition) is 4. The van der Waals surface area contributed by atoms with Crippen LogP contribution < -0.4 is 21.3 Å². The monoisotopic (exact) mass is 556 g/mol. The number of nitrogens with one attached hydrogen (secondary N) is 4. The minimum Gasteiger partial charge on any atom is -0.317 e. The minimum absolute atomic E-state index is 0. The molecule has 0 aliphatic carbocycles. The van der Waals surface area contributed by atoms with Gasteiger partial charge in [-0.3, -0.25) is 18.8 Å². The molecule has 0 spiro atoms. The molecular formula is C23H34F10N4. The van der Waals surface area contributed by atoms with E-state index in [0.717, 1.165) is 57.6 Å². The van der Waals surface area contributed by atoms with Crippen molar-refractivity contribution < 1.29 is 45.2 Å². The van der Waals surface area contributed by atoms with Gasteiger partial charge in [0.2, 0.25) is 0 Å². The molecule has 4 N–H and O–H groups in total. The standard InChI is InChI=1S/C23H30F6N4.4FH/c24-18-12-22(28)20(26)10-16(18)14-32-8-2-6-30-4-1-5-31-7-3-9-33-15-17-11-21(27)23(29)13-19(17)25;;;;/h10-13,30-33H,1-9,14-15H2;4*1H. The van der Waals surface area contributed by atoms with Crippen molar-refractivity contribution in [2.45, 2.75) is 32.4 Å². The van der Waals surface area contributed by atoms with Crippen molar-refractivity contribution in [3.8, 4) is 0 Å². The average Bonchev–Trinajstić information content (AvgIpc) is 2.77. The second-order valence-corrected chi connectivity index (χ2v) is 7.63. The molecule has 0 unspecified atom stereocenters. The molecule has 0 heterocycles. The number of benzene rings is 2. The van der Waals surface area contributed by atoms with Crippen molar-refractivity contribution in [2.24, 2.45) is 0 Å². The maximum atomic E-state index is 13.5. The molecule has 0 fully saturated rings. The Morgan fingerprint density at radius 2 is 0.649 bits per heavy atom. The van der Waals surface area contributed by atoms with Crippen LogP contribution in [0.2, 0.25) is 0 Å². The summed E-state index contributed by atoms with van der Waals surface area (Å²) in [7, 11) is 0. The molecule has 0 atom stereocenters. The van der Waals surface area contributed by atoms with Crippen molar-refractivity contribution in [3.63, 3.8) is 0 Å². The smallest absolute Gasteiger partial charge is 0.161 e. The van der Waals surface area contributed by atoms with E-state index in [0.29, 0.717) is 25.2 Å². The summed E-state index contributed by atoms with van der Waals surface area (Å²) in [5, 5.41) is 12.6. The van der Waals surface area contributed by atoms with Crippen LogP contribution in [0, 0.1) is 34.9 Å². The van der Waals surface area contributed by atoms with Gasteiger partial charge < -0.3 is 21.3 Å². The highest BCUT2D eigenvalue weighted by atomic mass is 19.2. The van der Waals surface area contributed by atoms with Gasteiger partial charge in [0.05, 0.1) is 0 Å². The fourth-order valence-electron chi connectivity index (χ4n) is 3.11. The van der Waals surface area contributed by atoms with Crippen LogP contribution in [-0.4, -0.2) is 39.3 Å². The van der Waals surface area contributed by atoms with Gasteiger partial charge in [-0.25, -0.2) is 26.3 Å². The van der Waals surface area contributed by atoms with E-state index < -0.39 is 34.9 Å². The van der Waals surface area contributed by atoms with Crippen LogP contribution >= 0.6 is 0 Å². The zero-order valence-corrected chi connectivity index (χ0v) is 20.0. The van der Waals surface area contributed by atoms with E-state index in [1.807, 2.05) is 0 Å². The first-order valence-corrected chi connectivity index (χ1v) is 11.0. The summed E-state index contributed by atoms with van der Waals surface area (Å²) in [6.07, 6.45) is 2.55. The fourth-order valence-corrected chi connectivity index (χ4v) is 3.11. The predicted molar refractivity (Wildman–Crippen MR) is 126 cm³/mol. The maximum Gasteiger partial charge on any atom is 0.161 e. The first-order valence-electron chi connectivity index (χ1n) is 11.0. The lowest BCUT2D eigenvalue weighted by atomic mass is 10.2. The van der Waals surface area contributed by atoms with Crippen molar-refractivity contribution in [1.29, 1.82) is 0 Å². The third kappa shape index (κ3) is 14.8. The van der Waals surface area contributed by atoms with E-state index in [1.165, 1.54) is 0 Å². The lowest BCUT2D eigenvalue weighted by molar-refractivity contribution is 0.485. The van der Waals surface area contributed by atoms with Crippen LogP contribution in [0.4, 0.5) is 45.2 Å². The van der Waals surface area contributed by atoms with Crippen molar-refractivity contribution in [2.75, 3.05) is 39.3 Å². The SMILES string of the molecule is F.F.F.F.Fc1cc(F)c(CNCCCNCCCNCCCNCc2cc(F)c(F)cc2F)cc1F. The van der Waals surface area contributed by atoms with Gasteiger partial charge in [0, 0.05) is 36.3 Å². The van der Waals surface area contributed by atoms with Gasteiger partial charge in [-0.2, -0.15) is 0 Å². The quantitative estimate of drug-likeness (QED) is 0.141. The third-order valence-corrected chi connectivity index (χ3v) is 4.93. The third-order valence-electron chi connectivity index (χ3n) is 4.93. The lowest BCUT2D eigenvalue weighted by Gasteiger charge is -2.09. The summed E-state index contributed by atoms with van der Waals surface area (Å²) < 4.78 is 79.0. The molecular weight excluding hydrogens is 522 g/mol. The highest BCUT2D eigenvalue weighted by Gasteiger charge is 2.10. The molecule has 0 radical (unpaired) electrons. The van der Waals surface area contributed by atoms with E-state index in [4.69, 9.17) is 0 Å². The summed E-state index contributed by atoms with van der Waals surface area (Å²) in [5.41, 5.74) is 0.194.